The van der Waals surface area contributed by atoms with Crippen LogP contribution in [0.5, 0.6) is 0 Å². The average Bonchev–Trinajstić information content (AvgIpc) is 2.72. The minimum Gasteiger partial charge on any atom is -0.309 e. The summed E-state index contributed by atoms with van der Waals surface area (Å²) in [5, 5.41) is 7.32. The van der Waals surface area contributed by atoms with Crippen molar-refractivity contribution in [2.45, 2.75) is 13.0 Å². The first kappa shape index (κ1) is 10.8. The van der Waals surface area contributed by atoms with E-state index in [1.807, 2.05) is 31.4 Å². The zero-order valence-electron chi connectivity index (χ0n) is 9.30. The van der Waals surface area contributed by atoms with Crippen molar-refractivity contribution in [2.24, 2.45) is 7.05 Å². The molecule has 2 aromatic rings. The minimum absolute atomic E-state index is 0.739. The fourth-order valence-electron chi connectivity index (χ4n) is 1.44. The number of rotatable bonds is 5. The van der Waals surface area contributed by atoms with Gasteiger partial charge >= 0.3 is 0 Å². The molecule has 0 spiro atoms. The zero-order valence-corrected chi connectivity index (χ0v) is 9.30. The highest BCUT2D eigenvalue weighted by atomic mass is 15.3. The van der Waals surface area contributed by atoms with Gasteiger partial charge in [-0.3, -0.25) is 9.67 Å². The third-order valence-electron chi connectivity index (χ3n) is 2.37. The molecule has 0 radical (unpaired) electrons. The molecule has 0 aliphatic carbocycles. The van der Waals surface area contributed by atoms with Crippen LogP contribution in [0, 0.1) is 0 Å². The Balaban J connectivity index is 1.72. The van der Waals surface area contributed by atoms with Gasteiger partial charge in [-0.25, -0.2) is 4.98 Å². The van der Waals surface area contributed by atoms with Gasteiger partial charge in [0, 0.05) is 31.9 Å². The molecule has 5 heteroatoms. The molecule has 0 unspecified atom stereocenters. The third kappa shape index (κ3) is 2.87. The first-order chi connectivity index (χ1) is 7.86. The third-order valence-corrected chi connectivity index (χ3v) is 2.37. The van der Waals surface area contributed by atoms with E-state index >= 15 is 0 Å². The molecule has 16 heavy (non-hydrogen) atoms. The second kappa shape index (κ2) is 5.37. The molecule has 0 atom stereocenters. The number of aryl methyl sites for hydroxylation is 1. The largest absolute Gasteiger partial charge is 0.309 e. The van der Waals surface area contributed by atoms with Crippen LogP contribution < -0.4 is 5.32 Å². The van der Waals surface area contributed by atoms with Gasteiger partial charge in [0.15, 0.2) is 0 Å². The van der Waals surface area contributed by atoms with Crippen LogP contribution >= 0.6 is 0 Å². The zero-order chi connectivity index (χ0) is 11.2. The SMILES string of the molecule is Cn1ncnc1CNCCc1ccccn1. The summed E-state index contributed by atoms with van der Waals surface area (Å²) >= 11 is 0. The summed E-state index contributed by atoms with van der Waals surface area (Å²) in [6.07, 6.45) is 4.31. The lowest BCUT2D eigenvalue weighted by Crippen LogP contribution is -2.19. The number of nitrogens with zero attached hydrogens (tertiary/aromatic N) is 4. The Kier molecular flexibility index (Phi) is 3.61. The maximum absolute atomic E-state index is 4.26. The fourth-order valence-corrected chi connectivity index (χ4v) is 1.44. The topological polar surface area (TPSA) is 55.6 Å². The molecule has 0 amide bonds. The van der Waals surface area contributed by atoms with Crippen molar-refractivity contribution in [3.8, 4) is 0 Å². The fraction of sp³-hybridized carbons (Fsp3) is 0.364. The Morgan fingerprint density at radius 2 is 2.25 bits per heavy atom. The van der Waals surface area contributed by atoms with Gasteiger partial charge in [-0.15, -0.1) is 0 Å². The molecule has 1 N–H and O–H groups in total. The van der Waals surface area contributed by atoms with Gasteiger partial charge in [-0.2, -0.15) is 5.10 Å². The van der Waals surface area contributed by atoms with Crippen LogP contribution in [0.4, 0.5) is 0 Å². The van der Waals surface area contributed by atoms with Crippen molar-refractivity contribution in [2.75, 3.05) is 6.54 Å². The van der Waals surface area contributed by atoms with Crippen LogP contribution in [0.1, 0.15) is 11.5 Å². The quantitative estimate of drug-likeness (QED) is 0.743. The number of pyridine rings is 1. The summed E-state index contributed by atoms with van der Waals surface area (Å²) < 4.78 is 1.77. The summed E-state index contributed by atoms with van der Waals surface area (Å²) in [6, 6.07) is 5.96. The normalized spacial score (nSPS) is 10.6. The van der Waals surface area contributed by atoms with Crippen molar-refractivity contribution >= 4 is 0 Å². The van der Waals surface area contributed by atoms with E-state index in [4.69, 9.17) is 0 Å². The van der Waals surface area contributed by atoms with Gasteiger partial charge in [0.05, 0.1) is 6.54 Å². The number of nitrogens with one attached hydrogen (secondary N) is 1. The van der Waals surface area contributed by atoms with Crippen molar-refractivity contribution in [1.29, 1.82) is 0 Å². The van der Waals surface area contributed by atoms with E-state index in [2.05, 4.69) is 20.4 Å². The maximum atomic E-state index is 4.26. The van der Waals surface area contributed by atoms with E-state index in [9.17, 15) is 0 Å². The second-order valence-electron chi connectivity index (χ2n) is 3.55. The summed E-state index contributed by atoms with van der Waals surface area (Å²) in [7, 11) is 1.89. The molecule has 0 bridgehead atoms. The van der Waals surface area contributed by atoms with E-state index in [0.717, 1.165) is 31.0 Å². The summed E-state index contributed by atoms with van der Waals surface area (Å²) in [4.78, 5) is 8.39. The molecule has 5 nitrogen and oxygen atoms in total. The smallest absolute Gasteiger partial charge is 0.140 e. The van der Waals surface area contributed by atoms with E-state index in [-0.39, 0.29) is 0 Å². The van der Waals surface area contributed by atoms with E-state index < -0.39 is 0 Å². The molecule has 2 rings (SSSR count). The monoisotopic (exact) mass is 217 g/mol. The number of hydrogen-bond acceptors (Lipinski definition) is 4. The molecular formula is C11H15N5. The highest BCUT2D eigenvalue weighted by molar-refractivity contribution is 5.03. The van der Waals surface area contributed by atoms with Crippen LogP contribution in [0.15, 0.2) is 30.7 Å². The molecule has 0 aromatic carbocycles. The predicted molar refractivity (Wildman–Crippen MR) is 60.7 cm³/mol. The van der Waals surface area contributed by atoms with Crippen molar-refractivity contribution in [3.63, 3.8) is 0 Å². The summed E-state index contributed by atoms with van der Waals surface area (Å²) in [6.45, 7) is 1.63. The molecule has 2 aromatic heterocycles. The highest BCUT2D eigenvalue weighted by Gasteiger charge is 1.99. The molecule has 0 saturated heterocycles. The first-order valence-electron chi connectivity index (χ1n) is 5.30. The van der Waals surface area contributed by atoms with Gasteiger partial charge in [0.25, 0.3) is 0 Å². The first-order valence-corrected chi connectivity index (χ1v) is 5.30. The van der Waals surface area contributed by atoms with Gasteiger partial charge in [0.1, 0.15) is 12.2 Å². The van der Waals surface area contributed by atoms with E-state index in [1.54, 1.807) is 11.0 Å². The number of hydrogen-bond donors (Lipinski definition) is 1. The average molecular weight is 217 g/mol. The second-order valence-corrected chi connectivity index (χ2v) is 3.55. The van der Waals surface area contributed by atoms with Crippen molar-refractivity contribution < 1.29 is 0 Å². The lowest BCUT2D eigenvalue weighted by molar-refractivity contribution is 0.611. The van der Waals surface area contributed by atoms with Crippen molar-refractivity contribution in [3.05, 3.63) is 42.2 Å². The van der Waals surface area contributed by atoms with Crippen LogP contribution in [0.2, 0.25) is 0 Å². The number of aromatic nitrogens is 4. The summed E-state index contributed by atoms with van der Waals surface area (Å²) in [5.74, 6) is 0.945. The molecule has 0 aliphatic rings. The van der Waals surface area contributed by atoms with Gasteiger partial charge < -0.3 is 5.32 Å². The minimum atomic E-state index is 0.739. The van der Waals surface area contributed by atoms with Gasteiger partial charge in [-0.05, 0) is 12.1 Å². The molecule has 0 saturated carbocycles. The Labute approximate surface area is 94.5 Å². The highest BCUT2D eigenvalue weighted by Crippen LogP contribution is 1.94. The molecule has 0 fully saturated rings. The van der Waals surface area contributed by atoms with Crippen LogP contribution in [0.3, 0.4) is 0 Å². The molecular weight excluding hydrogens is 202 g/mol. The van der Waals surface area contributed by atoms with Crippen LogP contribution in [-0.2, 0) is 20.0 Å². The Bertz CT molecular complexity index is 423. The van der Waals surface area contributed by atoms with Crippen LogP contribution in [-0.4, -0.2) is 26.3 Å². The molecule has 2 heterocycles. The van der Waals surface area contributed by atoms with Crippen molar-refractivity contribution in [1.82, 2.24) is 25.1 Å². The maximum Gasteiger partial charge on any atom is 0.140 e. The van der Waals surface area contributed by atoms with Gasteiger partial charge in [-0.1, -0.05) is 6.07 Å². The Morgan fingerprint density at radius 3 is 2.94 bits per heavy atom. The lowest BCUT2D eigenvalue weighted by Gasteiger charge is -2.03. The predicted octanol–water partition coefficient (Wildman–Crippen LogP) is 0.542. The van der Waals surface area contributed by atoms with Crippen LogP contribution in [0.25, 0.3) is 0 Å². The lowest BCUT2D eigenvalue weighted by atomic mass is 10.3. The van der Waals surface area contributed by atoms with Gasteiger partial charge in [0.2, 0.25) is 0 Å². The summed E-state index contributed by atoms with van der Waals surface area (Å²) in [5.41, 5.74) is 1.10. The van der Waals surface area contributed by atoms with E-state index in [0.29, 0.717) is 0 Å². The molecule has 0 aliphatic heterocycles. The van der Waals surface area contributed by atoms with E-state index in [1.165, 1.54) is 0 Å². The Morgan fingerprint density at radius 1 is 1.31 bits per heavy atom. The standard InChI is InChI=1S/C11H15N5/c1-16-11(14-9-15-16)8-12-7-5-10-4-2-3-6-13-10/h2-4,6,9,12H,5,7-8H2,1H3. The Hall–Kier alpha value is -1.75. The molecule has 84 valence electrons.